The van der Waals surface area contributed by atoms with Crippen molar-refractivity contribution in [3.63, 3.8) is 0 Å². The monoisotopic (exact) mass is 283 g/mol. The van der Waals surface area contributed by atoms with E-state index in [2.05, 4.69) is 45.9 Å². The van der Waals surface area contributed by atoms with Gasteiger partial charge in [0.2, 0.25) is 0 Å². The average molecular weight is 283 g/mol. The first-order valence-electron chi connectivity index (χ1n) is 7.20. The Kier molecular flexibility index (Phi) is 2.82. The highest BCUT2D eigenvalue weighted by Crippen LogP contribution is 2.29. The lowest BCUT2D eigenvalue weighted by Gasteiger charge is -2.00. The molecule has 1 aromatic carbocycles. The van der Waals surface area contributed by atoms with Crippen LogP contribution in [0.5, 0.6) is 0 Å². The molecule has 3 aromatic rings. The third-order valence-electron chi connectivity index (χ3n) is 4.15. The first-order chi connectivity index (χ1) is 10.2. The van der Waals surface area contributed by atoms with Crippen LogP contribution in [0.15, 0.2) is 28.8 Å². The molecule has 4 rings (SSSR count). The zero-order chi connectivity index (χ0) is 14.4. The minimum absolute atomic E-state index is 0.263. The highest BCUT2D eigenvalue weighted by molar-refractivity contribution is 5.86. The Morgan fingerprint density at radius 1 is 1.29 bits per heavy atom. The Balaban J connectivity index is 1.77. The van der Waals surface area contributed by atoms with E-state index in [1.165, 1.54) is 16.5 Å². The van der Waals surface area contributed by atoms with Gasteiger partial charge in [0.25, 0.3) is 5.89 Å². The van der Waals surface area contributed by atoms with Crippen LogP contribution in [0.25, 0.3) is 22.5 Å². The van der Waals surface area contributed by atoms with Gasteiger partial charge >= 0.3 is 0 Å². The predicted molar refractivity (Wildman–Crippen MR) is 79.1 cm³/mol. The van der Waals surface area contributed by atoms with E-state index in [1.807, 2.05) is 7.05 Å². The molecule has 108 valence electrons. The van der Waals surface area contributed by atoms with E-state index >= 15 is 0 Å². The third kappa shape index (κ3) is 2.05. The summed E-state index contributed by atoms with van der Waals surface area (Å²) in [7, 11) is 2.02. The fraction of sp³-hybridized carbons (Fsp3) is 0.375. The number of fused-ring (bicyclic) bond motifs is 1. The lowest BCUT2D eigenvalue weighted by atomic mass is 10.1. The van der Waals surface area contributed by atoms with Crippen molar-refractivity contribution in [2.24, 2.45) is 7.05 Å². The van der Waals surface area contributed by atoms with Gasteiger partial charge in [0.15, 0.2) is 5.82 Å². The number of ether oxygens (including phenoxy) is 1. The normalized spacial score (nSPS) is 18.7. The Morgan fingerprint density at radius 2 is 2.19 bits per heavy atom. The number of aromatic nitrogens is 3. The molecule has 5 nitrogen and oxygen atoms in total. The van der Waals surface area contributed by atoms with Gasteiger partial charge in [-0.15, -0.1) is 0 Å². The van der Waals surface area contributed by atoms with E-state index in [4.69, 9.17) is 9.26 Å². The molecule has 21 heavy (non-hydrogen) atoms. The van der Waals surface area contributed by atoms with E-state index in [0.717, 1.165) is 24.5 Å². The molecule has 0 N–H and O–H groups in total. The molecule has 1 atom stereocenters. The summed E-state index contributed by atoms with van der Waals surface area (Å²) in [5.74, 6) is 1.59. The van der Waals surface area contributed by atoms with Crippen LogP contribution in [0, 0.1) is 6.92 Å². The summed E-state index contributed by atoms with van der Waals surface area (Å²) >= 11 is 0. The second-order valence-corrected chi connectivity index (χ2v) is 5.67. The second kappa shape index (κ2) is 4.70. The van der Waals surface area contributed by atoms with Crippen LogP contribution in [0.3, 0.4) is 0 Å². The first-order valence-corrected chi connectivity index (χ1v) is 7.20. The number of aryl methyl sites for hydroxylation is 2. The van der Waals surface area contributed by atoms with Crippen molar-refractivity contribution in [3.8, 4) is 11.6 Å². The Hall–Kier alpha value is -2.14. The molecule has 0 radical (unpaired) electrons. The summed E-state index contributed by atoms with van der Waals surface area (Å²) in [6, 6.07) is 8.50. The minimum Gasteiger partial charge on any atom is -0.381 e. The van der Waals surface area contributed by atoms with E-state index in [9.17, 15) is 0 Å². The maximum Gasteiger partial charge on any atom is 0.274 e. The molecule has 0 amide bonds. The van der Waals surface area contributed by atoms with E-state index in [1.54, 1.807) is 0 Å². The van der Waals surface area contributed by atoms with Crippen molar-refractivity contribution in [1.82, 2.24) is 14.7 Å². The molecule has 5 heteroatoms. The fourth-order valence-electron chi connectivity index (χ4n) is 2.92. The van der Waals surface area contributed by atoms with Crippen LogP contribution in [-0.2, 0) is 11.8 Å². The van der Waals surface area contributed by atoms with E-state index < -0.39 is 0 Å². The van der Waals surface area contributed by atoms with Gasteiger partial charge in [-0.05, 0) is 31.5 Å². The van der Waals surface area contributed by atoms with E-state index in [-0.39, 0.29) is 5.92 Å². The summed E-state index contributed by atoms with van der Waals surface area (Å²) in [6.45, 7) is 3.56. The molecular weight excluding hydrogens is 266 g/mol. The Labute approximate surface area is 122 Å². The molecule has 1 fully saturated rings. The number of hydrogen-bond acceptors (Lipinski definition) is 4. The van der Waals surface area contributed by atoms with Gasteiger partial charge in [-0.25, -0.2) is 0 Å². The molecule has 0 spiro atoms. The third-order valence-corrected chi connectivity index (χ3v) is 4.15. The average Bonchev–Trinajstić information content (AvgIpc) is 3.17. The number of rotatable bonds is 2. The van der Waals surface area contributed by atoms with Crippen molar-refractivity contribution < 1.29 is 9.26 Å². The fourth-order valence-corrected chi connectivity index (χ4v) is 2.92. The SMILES string of the molecule is Cc1ccc2c(c1)cc(-c1nc([C@@H]3CCOC3)no1)n2C. The van der Waals surface area contributed by atoms with Gasteiger partial charge in [-0.3, -0.25) is 0 Å². The maximum atomic E-state index is 5.47. The molecular formula is C16H17N3O2. The van der Waals surface area contributed by atoms with Crippen LogP contribution in [0.1, 0.15) is 23.7 Å². The molecule has 0 saturated carbocycles. The highest BCUT2D eigenvalue weighted by atomic mass is 16.5. The quantitative estimate of drug-likeness (QED) is 0.725. The van der Waals surface area contributed by atoms with Gasteiger partial charge < -0.3 is 13.8 Å². The number of hydrogen-bond donors (Lipinski definition) is 0. The zero-order valence-corrected chi connectivity index (χ0v) is 12.2. The van der Waals surface area contributed by atoms with Gasteiger partial charge in [0.05, 0.1) is 6.61 Å². The van der Waals surface area contributed by atoms with E-state index in [0.29, 0.717) is 12.5 Å². The molecule has 1 aliphatic heterocycles. The van der Waals surface area contributed by atoms with Crippen LogP contribution >= 0.6 is 0 Å². The topological polar surface area (TPSA) is 53.1 Å². The van der Waals surface area contributed by atoms with Crippen LogP contribution in [-0.4, -0.2) is 27.9 Å². The smallest absolute Gasteiger partial charge is 0.274 e. The largest absolute Gasteiger partial charge is 0.381 e. The maximum absolute atomic E-state index is 5.47. The minimum atomic E-state index is 0.263. The summed E-state index contributed by atoms with van der Waals surface area (Å²) in [5.41, 5.74) is 3.36. The Morgan fingerprint density at radius 3 is 3.00 bits per heavy atom. The van der Waals surface area contributed by atoms with Crippen molar-refractivity contribution >= 4 is 10.9 Å². The molecule has 1 aliphatic rings. The van der Waals surface area contributed by atoms with Gasteiger partial charge in [0.1, 0.15) is 5.69 Å². The van der Waals surface area contributed by atoms with Gasteiger partial charge in [-0.1, -0.05) is 16.8 Å². The molecule has 3 heterocycles. The van der Waals surface area contributed by atoms with Crippen molar-refractivity contribution in [1.29, 1.82) is 0 Å². The zero-order valence-electron chi connectivity index (χ0n) is 12.2. The lowest BCUT2D eigenvalue weighted by molar-refractivity contribution is 0.192. The van der Waals surface area contributed by atoms with Crippen LogP contribution in [0.4, 0.5) is 0 Å². The van der Waals surface area contributed by atoms with Gasteiger partial charge in [0, 0.05) is 30.5 Å². The number of nitrogens with zero attached hydrogens (tertiary/aromatic N) is 3. The molecule has 1 saturated heterocycles. The highest BCUT2D eigenvalue weighted by Gasteiger charge is 2.24. The molecule has 0 aliphatic carbocycles. The van der Waals surface area contributed by atoms with Gasteiger partial charge in [-0.2, -0.15) is 4.98 Å². The molecule has 0 bridgehead atoms. The summed E-state index contributed by atoms with van der Waals surface area (Å²) in [6.07, 6.45) is 0.966. The second-order valence-electron chi connectivity index (χ2n) is 5.67. The van der Waals surface area contributed by atoms with Crippen molar-refractivity contribution in [2.45, 2.75) is 19.3 Å². The lowest BCUT2D eigenvalue weighted by Crippen LogP contribution is -2.00. The standard InChI is InChI=1S/C16H17N3O2/c1-10-3-4-13-12(7-10)8-14(19(13)2)16-17-15(18-21-16)11-5-6-20-9-11/h3-4,7-8,11H,5-6,9H2,1-2H3/t11-/m1/s1. The summed E-state index contributed by atoms with van der Waals surface area (Å²) in [5, 5.41) is 5.32. The van der Waals surface area contributed by atoms with Crippen molar-refractivity contribution in [2.75, 3.05) is 13.2 Å². The van der Waals surface area contributed by atoms with Crippen molar-refractivity contribution in [3.05, 3.63) is 35.7 Å². The summed E-state index contributed by atoms with van der Waals surface area (Å²) < 4.78 is 12.9. The molecule has 2 aromatic heterocycles. The molecule has 0 unspecified atom stereocenters. The number of benzene rings is 1. The van der Waals surface area contributed by atoms with Crippen LogP contribution in [0.2, 0.25) is 0 Å². The van der Waals surface area contributed by atoms with Crippen LogP contribution < -0.4 is 0 Å². The predicted octanol–water partition coefficient (Wildman–Crippen LogP) is 3.04. The first kappa shape index (κ1) is 12.6. The summed E-state index contributed by atoms with van der Waals surface area (Å²) in [4.78, 5) is 4.56. The Bertz CT molecular complexity index is 797.